The van der Waals surface area contributed by atoms with E-state index < -0.39 is 5.92 Å². The third kappa shape index (κ3) is 3.72. The van der Waals surface area contributed by atoms with Crippen molar-refractivity contribution in [2.75, 3.05) is 0 Å². The molecule has 0 aliphatic heterocycles. The smallest absolute Gasteiger partial charge is 0.237 e. The number of hydrogen-bond donors (Lipinski definition) is 1. The Morgan fingerprint density at radius 2 is 2.40 bits per heavy atom. The summed E-state index contributed by atoms with van der Waals surface area (Å²) in [5.74, 6) is -0.766. The van der Waals surface area contributed by atoms with Gasteiger partial charge in [0.05, 0.1) is 6.07 Å². The Hall–Kier alpha value is -1.34. The number of nitriles is 1. The molecule has 0 saturated carbocycles. The van der Waals surface area contributed by atoms with Crippen molar-refractivity contribution in [3.05, 3.63) is 22.4 Å². The summed E-state index contributed by atoms with van der Waals surface area (Å²) in [6.45, 7) is 3.55. The molecule has 2 atom stereocenters. The Morgan fingerprint density at radius 1 is 1.67 bits per heavy atom. The molecule has 1 rings (SSSR count). The van der Waals surface area contributed by atoms with Crippen LogP contribution in [0.15, 0.2) is 17.5 Å². The van der Waals surface area contributed by atoms with Crippen LogP contribution in [0.3, 0.4) is 0 Å². The SMILES string of the molecule is CC(Cc1cccs1)NC(=O)C(C)C#N. The van der Waals surface area contributed by atoms with Gasteiger partial charge in [0.25, 0.3) is 0 Å². The summed E-state index contributed by atoms with van der Waals surface area (Å²) in [5.41, 5.74) is 0. The van der Waals surface area contributed by atoms with Crippen LogP contribution in [0.5, 0.6) is 0 Å². The number of nitrogens with one attached hydrogen (secondary N) is 1. The van der Waals surface area contributed by atoms with Crippen molar-refractivity contribution in [3.8, 4) is 6.07 Å². The van der Waals surface area contributed by atoms with E-state index in [0.717, 1.165) is 6.42 Å². The lowest BCUT2D eigenvalue weighted by Crippen LogP contribution is -2.37. The highest BCUT2D eigenvalue weighted by atomic mass is 32.1. The van der Waals surface area contributed by atoms with Crippen molar-refractivity contribution >= 4 is 17.2 Å². The summed E-state index contributed by atoms with van der Waals surface area (Å²) in [6.07, 6.45) is 0.821. The molecule has 0 radical (unpaired) electrons. The third-order valence-electron chi connectivity index (χ3n) is 2.06. The van der Waals surface area contributed by atoms with Gasteiger partial charge in [0.15, 0.2) is 0 Å². The third-order valence-corrected chi connectivity index (χ3v) is 2.96. The van der Waals surface area contributed by atoms with Crippen molar-refractivity contribution in [3.63, 3.8) is 0 Å². The standard InChI is InChI=1S/C11H14N2OS/c1-8(7-12)11(14)13-9(2)6-10-4-3-5-15-10/h3-5,8-9H,6H2,1-2H3,(H,13,14). The highest BCUT2D eigenvalue weighted by Crippen LogP contribution is 2.11. The van der Waals surface area contributed by atoms with Crippen LogP contribution < -0.4 is 5.32 Å². The first-order valence-electron chi connectivity index (χ1n) is 4.86. The highest BCUT2D eigenvalue weighted by Gasteiger charge is 2.14. The van der Waals surface area contributed by atoms with Crippen LogP contribution in [-0.2, 0) is 11.2 Å². The molecule has 0 fully saturated rings. The molecular weight excluding hydrogens is 208 g/mol. The van der Waals surface area contributed by atoms with Gasteiger partial charge >= 0.3 is 0 Å². The molecule has 0 aromatic carbocycles. The summed E-state index contributed by atoms with van der Waals surface area (Å²) >= 11 is 1.68. The van der Waals surface area contributed by atoms with Crippen molar-refractivity contribution in [1.82, 2.24) is 5.32 Å². The number of amides is 1. The summed E-state index contributed by atoms with van der Waals surface area (Å²) < 4.78 is 0. The van der Waals surface area contributed by atoms with Gasteiger partial charge in [0, 0.05) is 17.3 Å². The number of nitrogens with zero attached hydrogens (tertiary/aromatic N) is 1. The Bertz CT molecular complexity index is 353. The van der Waals surface area contributed by atoms with Crippen molar-refractivity contribution in [1.29, 1.82) is 5.26 Å². The van der Waals surface area contributed by atoms with E-state index in [1.165, 1.54) is 4.88 Å². The molecule has 0 saturated heterocycles. The van der Waals surface area contributed by atoms with Crippen LogP contribution in [0, 0.1) is 17.2 Å². The molecule has 0 aliphatic rings. The molecule has 0 spiro atoms. The average Bonchev–Trinajstić information content (AvgIpc) is 2.68. The number of thiophene rings is 1. The minimum Gasteiger partial charge on any atom is -0.352 e. The fourth-order valence-corrected chi connectivity index (χ4v) is 2.04. The summed E-state index contributed by atoms with van der Waals surface area (Å²) in [6, 6.07) is 6.03. The van der Waals surface area contributed by atoms with Crippen molar-refractivity contribution in [2.24, 2.45) is 5.92 Å². The zero-order valence-electron chi connectivity index (χ0n) is 8.86. The van der Waals surface area contributed by atoms with Gasteiger partial charge in [0.2, 0.25) is 5.91 Å². The van der Waals surface area contributed by atoms with Gasteiger partial charge in [-0.25, -0.2) is 0 Å². The van der Waals surface area contributed by atoms with Gasteiger partial charge in [-0.1, -0.05) is 6.07 Å². The van der Waals surface area contributed by atoms with Gasteiger partial charge in [-0.3, -0.25) is 4.79 Å². The van der Waals surface area contributed by atoms with E-state index in [4.69, 9.17) is 5.26 Å². The molecule has 3 nitrogen and oxygen atoms in total. The van der Waals surface area contributed by atoms with Gasteiger partial charge in [-0.15, -0.1) is 11.3 Å². The average molecular weight is 222 g/mol. The van der Waals surface area contributed by atoms with Gasteiger partial charge < -0.3 is 5.32 Å². The fourth-order valence-electron chi connectivity index (χ4n) is 1.21. The molecule has 1 amide bonds. The second kappa shape index (κ2) is 5.52. The maximum Gasteiger partial charge on any atom is 0.237 e. The molecular formula is C11H14N2OS. The second-order valence-corrected chi connectivity index (χ2v) is 4.58. The van der Waals surface area contributed by atoms with Crippen LogP contribution in [0.2, 0.25) is 0 Å². The van der Waals surface area contributed by atoms with Gasteiger partial charge in [-0.05, 0) is 25.3 Å². The molecule has 4 heteroatoms. The Balaban J connectivity index is 2.40. The normalized spacial score (nSPS) is 13.9. The molecule has 1 N–H and O–H groups in total. The minimum atomic E-state index is -0.573. The molecule has 0 aliphatic carbocycles. The second-order valence-electron chi connectivity index (χ2n) is 3.54. The van der Waals surface area contributed by atoms with E-state index in [1.54, 1.807) is 18.3 Å². The number of carbonyl (C=O) groups is 1. The molecule has 2 unspecified atom stereocenters. The van der Waals surface area contributed by atoms with Crippen molar-refractivity contribution < 1.29 is 4.79 Å². The van der Waals surface area contributed by atoms with E-state index in [-0.39, 0.29) is 11.9 Å². The lowest BCUT2D eigenvalue weighted by Gasteiger charge is -2.13. The van der Waals surface area contributed by atoms with Crippen LogP contribution in [0.25, 0.3) is 0 Å². The van der Waals surface area contributed by atoms with Crippen LogP contribution in [0.4, 0.5) is 0 Å². The zero-order valence-corrected chi connectivity index (χ0v) is 9.67. The quantitative estimate of drug-likeness (QED) is 0.846. The molecule has 1 heterocycles. The van der Waals surface area contributed by atoms with Crippen molar-refractivity contribution in [2.45, 2.75) is 26.3 Å². The van der Waals surface area contributed by atoms with E-state index in [0.29, 0.717) is 0 Å². The van der Waals surface area contributed by atoms with Crippen LogP contribution >= 0.6 is 11.3 Å². The van der Waals surface area contributed by atoms with Crippen LogP contribution in [0.1, 0.15) is 18.7 Å². The summed E-state index contributed by atoms with van der Waals surface area (Å²) in [7, 11) is 0. The van der Waals surface area contributed by atoms with Gasteiger partial charge in [-0.2, -0.15) is 5.26 Å². The first-order valence-corrected chi connectivity index (χ1v) is 5.74. The maximum absolute atomic E-state index is 11.4. The number of rotatable bonds is 4. The lowest BCUT2D eigenvalue weighted by molar-refractivity contribution is -0.123. The monoisotopic (exact) mass is 222 g/mol. The van der Waals surface area contributed by atoms with Gasteiger partial charge in [0.1, 0.15) is 5.92 Å². The van der Waals surface area contributed by atoms with E-state index in [1.807, 2.05) is 30.5 Å². The Morgan fingerprint density at radius 3 is 2.93 bits per heavy atom. The largest absolute Gasteiger partial charge is 0.352 e. The summed E-state index contributed by atoms with van der Waals surface area (Å²) in [4.78, 5) is 12.6. The topological polar surface area (TPSA) is 52.9 Å². The van der Waals surface area contributed by atoms with E-state index >= 15 is 0 Å². The first kappa shape index (κ1) is 11.7. The highest BCUT2D eigenvalue weighted by molar-refractivity contribution is 7.09. The Kier molecular flexibility index (Phi) is 4.32. The number of carbonyl (C=O) groups excluding carboxylic acids is 1. The number of hydrogen-bond acceptors (Lipinski definition) is 3. The summed E-state index contributed by atoms with van der Waals surface area (Å²) in [5, 5.41) is 13.4. The molecule has 1 aromatic rings. The zero-order chi connectivity index (χ0) is 11.3. The van der Waals surface area contributed by atoms with Crippen LogP contribution in [-0.4, -0.2) is 11.9 Å². The van der Waals surface area contributed by atoms with E-state index in [2.05, 4.69) is 5.32 Å². The molecule has 15 heavy (non-hydrogen) atoms. The lowest BCUT2D eigenvalue weighted by atomic mass is 10.1. The Labute approximate surface area is 93.7 Å². The maximum atomic E-state index is 11.4. The fraction of sp³-hybridized carbons (Fsp3) is 0.455. The molecule has 80 valence electrons. The predicted molar refractivity (Wildman–Crippen MR) is 60.4 cm³/mol. The molecule has 1 aromatic heterocycles. The van der Waals surface area contributed by atoms with E-state index in [9.17, 15) is 4.79 Å². The first-order chi connectivity index (χ1) is 7.13. The minimum absolute atomic E-state index is 0.0759. The predicted octanol–water partition coefficient (Wildman–Crippen LogP) is 1.95. The molecule has 0 bridgehead atoms.